The fourth-order valence-corrected chi connectivity index (χ4v) is 1.04. The van der Waals surface area contributed by atoms with Crippen LogP contribution in [0.25, 0.3) is 0 Å². The van der Waals surface area contributed by atoms with Crippen LogP contribution in [0.4, 0.5) is 0 Å². The van der Waals surface area contributed by atoms with Crippen LogP contribution in [0.1, 0.15) is 13.3 Å². The van der Waals surface area contributed by atoms with Crippen molar-refractivity contribution >= 4 is 11.6 Å². The molecule has 0 heterocycles. The van der Waals surface area contributed by atoms with Crippen LogP contribution in [0.5, 0.6) is 0 Å². The van der Waals surface area contributed by atoms with Gasteiger partial charge in [-0.15, -0.1) is 0 Å². The molecule has 2 N–H and O–H groups in total. The molecule has 0 saturated carbocycles. The Kier molecular flexibility index (Phi) is 2.17. The molecular formula is C8H10ClN. The molecule has 0 unspecified atom stereocenters. The van der Waals surface area contributed by atoms with Gasteiger partial charge in [-0.05, 0) is 12.5 Å². The molecule has 54 valence electrons. The Bertz CT molecular complexity index is 218. The number of hydrogen-bond donors (Lipinski definition) is 1. The van der Waals surface area contributed by atoms with Gasteiger partial charge in [0.1, 0.15) is 0 Å². The SMILES string of the molecule is CC1=CC=CCC(Cl)=C1N. The molecule has 1 rings (SSSR count). The first-order valence-corrected chi connectivity index (χ1v) is 3.57. The van der Waals surface area contributed by atoms with Crippen LogP contribution in [-0.2, 0) is 0 Å². The van der Waals surface area contributed by atoms with Gasteiger partial charge in [0.05, 0.1) is 0 Å². The monoisotopic (exact) mass is 155 g/mol. The van der Waals surface area contributed by atoms with Crippen LogP contribution < -0.4 is 5.73 Å². The zero-order valence-electron chi connectivity index (χ0n) is 5.89. The summed E-state index contributed by atoms with van der Waals surface area (Å²) in [5.41, 5.74) is 7.42. The molecule has 0 spiro atoms. The second-order valence-electron chi connectivity index (χ2n) is 2.30. The van der Waals surface area contributed by atoms with E-state index in [1.807, 2.05) is 25.2 Å². The van der Waals surface area contributed by atoms with E-state index >= 15 is 0 Å². The average molecular weight is 156 g/mol. The van der Waals surface area contributed by atoms with Gasteiger partial charge in [-0.3, -0.25) is 0 Å². The Balaban J connectivity index is 3.00. The first-order valence-electron chi connectivity index (χ1n) is 3.19. The molecule has 0 aromatic heterocycles. The standard InChI is InChI=1S/C8H10ClN/c1-6-4-2-3-5-7(9)8(6)10/h2-4H,5,10H2,1H3. The van der Waals surface area contributed by atoms with E-state index in [9.17, 15) is 0 Å². The van der Waals surface area contributed by atoms with Crippen LogP contribution in [0.3, 0.4) is 0 Å². The van der Waals surface area contributed by atoms with Crippen LogP contribution >= 0.6 is 11.6 Å². The van der Waals surface area contributed by atoms with Crippen molar-refractivity contribution in [3.8, 4) is 0 Å². The first-order chi connectivity index (χ1) is 4.72. The number of nitrogens with two attached hydrogens (primary N) is 1. The fraction of sp³-hybridized carbons (Fsp3) is 0.250. The highest BCUT2D eigenvalue weighted by Crippen LogP contribution is 2.19. The Labute approximate surface area is 65.9 Å². The summed E-state index contributed by atoms with van der Waals surface area (Å²) in [5, 5.41) is 0.738. The normalized spacial score (nSPS) is 18.8. The Hall–Kier alpha value is -0.690. The maximum absolute atomic E-state index is 5.83. The molecule has 0 saturated heterocycles. The van der Waals surface area contributed by atoms with Gasteiger partial charge >= 0.3 is 0 Å². The molecule has 0 aliphatic heterocycles. The third-order valence-electron chi connectivity index (χ3n) is 1.50. The summed E-state index contributed by atoms with van der Waals surface area (Å²) in [5.74, 6) is 0. The summed E-state index contributed by atoms with van der Waals surface area (Å²) >= 11 is 5.83. The summed E-state index contributed by atoms with van der Waals surface area (Å²) in [6.45, 7) is 1.95. The topological polar surface area (TPSA) is 26.0 Å². The zero-order chi connectivity index (χ0) is 7.56. The largest absolute Gasteiger partial charge is 0.398 e. The van der Waals surface area contributed by atoms with E-state index in [2.05, 4.69) is 0 Å². The van der Waals surface area contributed by atoms with Crippen molar-refractivity contribution in [1.82, 2.24) is 0 Å². The molecule has 1 aliphatic carbocycles. The van der Waals surface area contributed by atoms with E-state index in [1.54, 1.807) is 0 Å². The third-order valence-corrected chi connectivity index (χ3v) is 1.85. The van der Waals surface area contributed by atoms with Crippen molar-refractivity contribution in [2.24, 2.45) is 5.73 Å². The molecule has 0 aromatic rings. The summed E-state index contributed by atoms with van der Waals surface area (Å²) < 4.78 is 0. The van der Waals surface area contributed by atoms with Gasteiger partial charge in [-0.2, -0.15) is 0 Å². The minimum atomic E-state index is 0.715. The average Bonchev–Trinajstić information content (AvgIpc) is 2.04. The van der Waals surface area contributed by atoms with Gasteiger partial charge in [0.15, 0.2) is 0 Å². The molecule has 0 aromatic carbocycles. The van der Waals surface area contributed by atoms with Crippen molar-refractivity contribution in [1.29, 1.82) is 0 Å². The van der Waals surface area contributed by atoms with Crippen molar-refractivity contribution in [3.05, 3.63) is 34.5 Å². The van der Waals surface area contributed by atoms with E-state index < -0.39 is 0 Å². The quantitative estimate of drug-likeness (QED) is 0.571. The van der Waals surface area contributed by atoms with Gasteiger partial charge in [0.25, 0.3) is 0 Å². The Morgan fingerprint density at radius 2 is 2.30 bits per heavy atom. The lowest BCUT2D eigenvalue weighted by Crippen LogP contribution is -1.99. The van der Waals surface area contributed by atoms with Crippen LogP contribution in [-0.4, -0.2) is 0 Å². The molecular weight excluding hydrogens is 146 g/mol. The maximum Gasteiger partial charge on any atom is 0.0494 e. The summed E-state index contributed by atoms with van der Waals surface area (Å²) in [7, 11) is 0. The molecule has 1 aliphatic rings. The number of hydrogen-bond acceptors (Lipinski definition) is 1. The molecule has 0 bridgehead atoms. The van der Waals surface area contributed by atoms with Crippen LogP contribution in [0, 0.1) is 0 Å². The van der Waals surface area contributed by atoms with E-state index in [4.69, 9.17) is 17.3 Å². The maximum atomic E-state index is 5.83. The summed E-state index contributed by atoms with van der Waals surface area (Å²) in [6.07, 6.45) is 6.68. The van der Waals surface area contributed by atoms with Gasteiger partial charge in [-0.25, -0.2) is 0 Å². The lowest BCUT2D eigenvalue weighted by Gasteiger charge is -2.00. The molecule has 0 amide bonds. The minimum Gasteiger partial charge on any atom is -0.398 e. The molecule has 1 nitrogen and oxygen atoms in total. The zero-order valence-corrected chi connectivity index (χ0v) is 6.65. The highest BCUT2D eigenvalue weighted by Gasteiger charge is 2.02. The van der Waals surface area contributed by atoms with Crippen molar-refractivity contribution in [2.75, 3.05) is 0 Å². The van der Waals surface area contributed by atoms with Crippen molar-refractivity contribution < 1.29 is 0 Å². The first kappa shape index (κ1) is 7.42. The summed E-state index contributed by atoms with van der Waals surface area (Å²) in [4.78, 5) is 0. The Morgan fingerprint density at radius 3 is 3.00 bits per heavy atom. The second kappa shape index (κ2) is 2.93. The predicted octanol–water partition coefficient (Wildman–Crippen LogP) is 2.30. The van der Waals surface area contributed by atoms with Gasteiger partial charge in [-0.1, -0.05) is 29.8 Å². The number of allylic oxidation sites excluding steroid dienone is 5. The molecule has 0 radical (unpaired) electrons. The van der Waals surface area contributed by atoms with Gasteiger partial charge in [0.2, 0.25) is 0 Å². The molecule has 10 heavy (non-hydrogen) atoms. The van der Waals surface area contributed by atoms with Gasteiger partial charge in [0, 0.05) is 17.2 Å². The van der Waals surface area contributed by atoms with Crippen LogP contribution in [0.15, 0.2) is 34.5 Å². The third kappa shape index (κ3) is 1.42. The fourth-order valence-electron chi connectivity index (χ4n) is 0.798. The number of halogens is 1. The van der Waals surface area contributed by atoms with E-state index in [-0.39, 0.29) is 0 Å². The van der Waals surface area contributed by atoms with Gasteiger partial charge < -0.3 is 5.73 Å². The lowest BCUT2D eigenvalue weighted by atomic mass is 10.2. The van der Waals surface area contributed by atoms with E-state index in [0.717, 1.165) is 17.0 Å². The predicted molar refractivity (Wildman–Crippen MR) is 44.6 cm³/mol. The smallest absolute Gasteiger partial charge is 0.0494 e. The lowest BCUT2D eigenvalue weighted by molar-refractivity contribution is 1.22. The van der Waals surface area contributed by atoms with Crippen molar-refractivity contribution in [2.45, 2.75) is 13.3 Å². The molecule has 2 heteroatoms. The van der Waals surface area contributed by atoms with Crippen LogP contribution in [0.2, 0.25) is 0 Å². The minimum absolute atomic E-state index is 0.715. The van der Waals surface area contributed by atoms with Crippen molar-refractivity contribution in [3.63, 3.8) is 0 Å². The molecule has 0 fully saturated rings. The molecule has 0 atom stereocenters. The summed E-state index contributed by atoms with van der Waals surface area (Å²) in [6, 6.07) is 0. The Morgan fingerprint density at radius 1 is 1.60 bits per heavy atom. The van der Waals surface area contributed by atoms with E-state index in [1.165, 1.54) is 0 Å². The highest BCUT2D eigenvalue weighted by molar-refractivity contribution is 6.30. The van der Waals surface area contributed by atoms with E-state index in [0.29, 0.717) is 5.70 Å². The second-order valence-corrected chi connectivity index (χ2v) is 2.76. The highest BCUT2D eigenvalue weighted by atomic mass is 35.5. The number of rotatable bonds is 0.